The summed E-state index contributed by atoms with van der Waals surface area (Å²) in [7, 11) is 0. The van der Waals surface area contributed by atoms with Crippen molar-refractivity contribution in [3.05, 3.63) is 167 Å². The van der Waals surface area contributed by atoms with Gasteiger partial charge in [0.25, 0.3) is 0 Å². The summed E-state index contributed by atoms with van der Waals surface area (Å²) >= 11 is 0. The summed E-state index contributed by atoms with van der Waals surface area (Å²) in [6.07, 6.45) is 17.8. The standard InChI is InChI=1S/C48H48N6O/c1-3-5-7-9-11-35-13-25-41(26-14-35)47(45-33-51-43(31-53-45)39-21-17-37(29-49)18-22-39)55-48(42-27-15-36(16-28-42)12-10-8-6-4-2)46-34-52-44(32-54-46)40-23-19-38(30-50)20-24-40/h13-28,31-34,47-48H,3-12H2,1-2H3. The van der Waals surface area contributed by atoms with E-state index in [0.717, 1.165) is 35.1 Å². The second-order valence-electron chi connectivity index (χ2n) is 14.0. The normalized spacial score (nSPS) is 12.1. The van der Waals surface area contributed by atoms with Crippen molar-refractivity contribution in [3.8, 4) is 34.7 Å². The van der Waals surface area contributed by atoms with Crippen LogP contribution in [0.4, 0.5) is 0 Å². The Hall–Kier alpha value is -6.02. The number of ether oxygens (including phenoxy) is 1. The Morgan fingerprint density at radius 1 is 0.473 bits per heavy atom. The zero-order valence-electron chi connectivity index (χ0n) is 31.9. The smallest absolute Gasteiger partial charge is 0.127 e. The number of aryl methyl sites for hydroxylation is 2. The maximum Gasteiger partial charge on any atom is 0.127 e. The SMILES string of the molecule is CCCCCCc1ccc(C(OC(c2ccc(CCCCCC)cc2)c2cnc(-c3ccc(C#N)cc3)cn2)c2cnc(-c3ccc(C#N)cc3)cn2)cc1. The highest BCUT2D eigenvalue weighted by molar-refractivity contribution is 5.60. The molecule has 0 bridgehead atoms. The fourth-order valence-electron chi connectivity index (χ4n) is 6.68. The summed E-state index contributed by atoms with van der Waals surface area (Å²) < 4.78 is 7.18. The Kier molecular flexibility index (Phi) is 14.0. The number of unbranched alkanes of at least 4 members (excludes halogenated alkanes) is 6. The lowest BCUT2D eigenvalue weighted by atomic mass is 9.99. The van der Waals surface area contributed by atoms with Crippen LogP contribution in [0.5, 0.6) is 0 Å². The minimum atomic E-state index is -0.560. The average Bonchev–Trinajstić information content (AvgIpc) is 3.25. The molecule has 276 valence electrons. The Bertz CT molecular complexity index is 1990. The third-order valence-electron chi connectivity index (χ3n) is 9.98. The summed E-state index contributed by atoms with van der Waals surface area (Å²) in [5.41, 5.74) is 10.3. The van der Waals surface area contributed by atoms with Gasteiger partial charge < -0.3 is 4.74 Å². The highest BCUT2D eigenvalue weighted by Crippen LogP contribution is 2.36. The Labute approximate surface area is 325 Å². The number of rotatable bonds is 18. The topological polar surface area (TPSA) is 108 Å². The van der Waals surface area contributed by atoms with Crippen LogP contribution in [-0.2, 0) is 17.6 Å². The van der Waals surface area contributed by atoms with Gasteiger partial charge in [0.05, 0.1) is 70.8 Å². The molecule has 7 heteroatoms. The summed E-state index contributed by atoms with van der Waals surface area (Å²) in [4.78, 5) is 19.5. The quantitative estimate of drug-likeness (QED) is 0.0812. The predicted octanol–water partition coefficient (Wildman–Crippen LogP) is 11.5. The first-order chi connectivity index (χ1) is 27.1. The molecule has 0 amide bonds. The molecule has 7 nitrogen and oxygen atoms in total. The molecule has 0 aliphatic heterocycles. The molecule has 4 aromatic carbocycles. The number of nitriles is 2. The van der Waals surface area contributed by atoms with Crippen molar-refractivity contribution in [1.82, 2.24) is 19.9 Å². The van der Waals surface area contributed by atoms with E-state index in [1.165, 1.54) is 62.5 Å². The molecule has 0 spiro atoms. The molecular weight excluding hydrogens is 677 g/mol. The first-order valence-corrected chi connectivity index (χ1v) is 19.6. The molecule has 0 saturated heterocycles. The maximum atomic E-state index is 9.26. The van der Waals surface area contributed by atoms with E-state index >= 15 is 0 Å². The predicted molar refractivity (Wildman–Crippen MR) is 218 cm³/mol. The molecule has 0 aliphatic rings. The Morgan fingerprint density at radius 2 is 0.873 bits per heavy atom. The summed E-state index contributed by atoms with van der Waals surface area (Å²) in [6, 6.07) is 36.4. The fourth-order valence-corrected chi connectivity index (χ4v) is 6.68. The van der Waals surface area contributed by atoms with Crippen LogP contribution in [0.2, 0.25) is 0 Å². The third kappa shape index (κ3) is 10.6. The van der Waals surface area contributed by atoms with Crippen LogP contribution in [0.15, 0.2) is 122 Å². The van der Waals surface area contributed by atoms with Crippen LogP contribution < -0.4 is 0 Å². The van der Waals surface area contributed by atoms with Crippen LogP contribution in [0.1, 0.15) is 122 Å². The van der Waals surface area contributed by atoms with Crippen molar-refractivity contribution in [2.75, 3.05) is 0 Å². The van der Waals surface area contributed by atoms with Crippen molar-refractivity contribution in [1.29, 1.82) is 10.5 Å². The van der Waals surface area contributed by atoms with Gasteiger partial charge in [0.2, 0.25) is 0 Å². The monoisotopic (exact) mass is 724 g/mol. The largest absolute Gasteiger partial charge is 0.353 e. The van der Waals surface area contributed by atoms with Crippen LogP contribution >= 0.6 is 0 Å². The highest BCUT2D eigenvalue weighted by Gasteiger charge is 2.26. The Balaban J connectivity index is 1.35. The average molecular weight is 725 g/mol. The number of aromatic nitrogens is 4. The Morgan fingerprint density at radius 3 is 1.20 bits per heavy atom. The first kappa shape index (κ1) is 38.7. The van der Waals surface area contributed by atoms with Crippen LogP contribution in [0.3, 0.4) is 0 Å². The zero-order valence-corrected chi connectivity index (χ0v) is 31.9. The number of hydrogen-bond acceptors (Lipinski definition) is 7. The molecule has 0 fully saturated rings. The van der Waals surface area contributed by atoms with E-state index in [9.17, 15) is 10.5 Å². The fraction of sp³-hybridized carbons (Fsp3) is 0.292. The molecule has 0 radical (unpaired) electrons. The highest BCUT2D eigenvalue weighted by atomic mass is 16.5. The zero-order chi connectivity index (χ0) is 38.2. The van der Waals surface area contributed by atoms with E-state index in [0.29, 0.717) is 33.9 Å². The van der Waals surface area contributed by atoms with Gasteiger partial charge in [-0.15, -0.1) is 0 Å². The minimum absolute atomic E-state index is 0.560. The molecule has 2 unspecified atom stereocenters. The van der Waals surface area contributed by atoms with E-state index < -0.39 is 12.2 Å². The van der Waals surface area contributed by atoms with Crippen molar-refractivity contribution in [2.24, 2.45) is 0 Å². The number of nitrogens with zero attached hydrogens (tertiary/aromatic N) is 6. The van der Waals surface area contributed by atoms with Crippen LogP contribution in [-0.4, -0.2) is 19.9 Å². The van der Waals surface area contributed by atoms with Gasteiger partial charge in [-0.1, -0.05) is 125 Å². The second-order valence-corrected chi connectivity index (χ2v) is 14.0. The molecule has 2 aromatic heterocycles. The number of benzene rings is 4. The second kappa shape index (κ2) is 19.9. The lowest BCUT2D eigenvalue weighted by Crippen LogP contribution is -2.16. The summed E-state index contributed by atoms with van der Waals surface area (Å²) in [6.45, 7) is 4.47. The van der Waals surface area contributed by atoms with Crippen molar-refractivity contribution in [2.45, 2.75) is 90.3 Å². The molecule has 2 heterocycles. The van der Waals surface area contributed by atoms with Crippen molar-refractivity contribution >= 4 is 0 Å². The van der Waals surface area contributed by atoms with E-state index in [4.69, 9.17) is 24.7 Å². The van der Waals surface area contributed by atoms with Gasteiger partial charge in [-0.25, -0.2) is 0 Å². The van der Waals surface area contributed by atoms with Gasteiger partial charge in [0.15, 0.2) is 0 Å². The van der Waals surface area contributed by atoms with Gasteiger partial charge >= 0.3 is 0 Å². The molecule has 2 atom stereocenters. The van der Waals surface area contributed by atoms with Crippen LogP contribution in [0, 0.1) is 22.7 Å². The summed E-state index contributed by atoms with van der Waals surface area (Å²) in [5.74, 6) is 0. The van der Waals surface area contributed by atoms with E-state index in [1.54, 1.807) is 49.1 Å². The molecule has 0 N–H and O–H groups in total. The van der Waals surface area contributed by atoms with Crippen molar-refractivity contribution < 1.29 is 4.74 Å². The van der Waals surface area contributed by atoms with E-state index in [2.05, 4.69) is 74.5 Å². The lowest BCUT2D eigenvalue weighted by molar-refractivity contribution is 0.0258. The molecule has 55 heavy (non-hydrogen) atoms. The van der Waals surface area contributed by atoms with Gasteiger partial charge in [0, 0.05) is 11.1 Å². The maximum absolute atomic E-state index is 9.26. The molecular formula is C48H48N6O. The number of hydrogen-bond donors (Lipinski definition) is 0. The summed E-state index contributed by atoms with van der Waals surface area (Å²) in [5, 5.41) is 18.5. The first-order valence-electron chi connectivity index (χ1n) is 19.6. The van der Waals surface area contributed by atoms with Crippen molar-refractivity contribution in [3.63, 3.8) is 0 Å². The van der Waals surface area contributed by atoms with Crippen LogP contribution in [0.25, 0.3) is 22.5 Å². The van der Waals surface area contributed by atoms with E-state index in [1.807, 2.05) is 24.3 Å². The lowest BCUT2D eigenvalue weighted by Gasteiger charge is -2.25. The third-order valence-corrected chi connectivity index (χ3v) is 9.98. The minimum Gasteiger partial charge on any atom is -0.353 e. The van der Waals surface area contributed by atoms with E-state index in [-0.39, 0.29) is 0 Å². The van der Waals surface area contributed by atoms with Gasteiger partial charge in [-0.2, -0.15) is 10.5 Å². The molecule has 6 aromatic rings. The van der Waals surface area contributed by atoms with Gasteiger partial charge in [-0.3, -0.25) is 19.9 Å². The van der Waals surface area contributed by atoms with Gasteiger partial charge in [-0.05, 0) is 72.2 Å². The molecule has 6 rings (SSSR count). The van der Waals surface area contributed by atoms with Gasteiger partial charge in [0.1, 0.15) is 12.2 Å². The molecule has 0 aliphatic carbocycles. The molecule has 0 saturated carbocycles.